The number of aldehydes is 1. The van der Waals surface area contributed by atoms with E-state index in [0.29, 0.717) is 66.8 Å². The van der Waals surface area contributed by atoms with E-state index in [1.165, 1.54) is 36.6 Å². The van der Waals surface area contributed by atoms with Crippen molar-refractivity contribution in [1.82, 2.24) is 45.4 Å². The van der Waals surface area contributed by atoms with Gasteiger partial charge in [0.05, 0.1) is 30.1 Å². The van der Waals surface area contributed by atoms with Crippen LogP contribution in [0.2, 0.25) is 0 Å². The summed E-state index contributed by atoms with van der Waals surface area (Å²) in [7, 11) is 1.49. The second-order valence-corrected chi connectivity index (χ2v) is 19.5. The topological polar surface area (TPSA) is 180 Å². The number of amides is 3. The summed E-state index contributed by atoms with van der Waals surface area (Å²) in [6.45, 7) is 9.78. The number of likely N-dealkylation sites (tertiary alicyclic amines) is 2. The van der Waals surface area contributed by atoms with Crippen LogP contribution in [0, 0.1) is 5.41 Å². The highest BCUT2D eigenvalue weighted by Gasteiger charge is 2.54. The number of hydrogen-bond donors (Lipinski definition) is 5. The highest BCUT2D eigenvalue weighted by molar-refractivity contribution is 7.13. The SMILES string of the molecule is C=C/C(=C\C(F)=C(/C)N1CCC(O)(CC(=O)N2CC3(C2)CN(c2ccc(C4=CC5NN(C(C(=O)Nc6nccs6)c6ncn7c6CCC7)C=C5C(F)=C4)cc2)C3)CC1)NC(CCC=O)C(=O)NC. The van der Waals surface area contributed by atoms with Crippen molar-refractivity contribution in [3.8, 4) is 0 Å². The number of carbonyl (C=O) groups is 4. The average Bonchev–Trinajstić information content (AvgIpc) is 4.14. The minimum absolute atomic E-state index is 0.00551. The first kappa shape index (κ1) is 46.7. The molecule has 5 N–H and O–H groups in total. The molecule has 16 nitrogen and oxygen atoms in total. The van der Waals surface area contributed by atoms with Gasteiger partial charge in [0, 0.05) is 111 Å². The molecule has 68 heavy (non-hydrogen) atoms. The maximum absolute atomic E-state index is 15.9. The predicted octanol–water partition coefficient (Wildman–Crippen LogP) is 4.81. The maximum Gasteiger partial charge on any atom is 0.256 e. The number of likely N-dealkylation sites (N-methyl/N-ethyl adjacent to an activating group) is 1. The Morgan fingerprint density at radius 3 is 2.53 bits per heavy atom. The number of nitrogens with zero attached hydrogens (tertiary/aromatic N) is 7. The van der Waals surface area contributed by atoms with Gasteiger partial charge in [0.25, 0.3) is 5.91 Å². The van der Waals surface area contributed by atoms with Gasteiger partial charge in [-0.1, -0.05) is 24.8 Å². The molecular formula is C49H57F2N11O5S. The van der Waals surface area contributed by atoms with Crippen LogP contribution in [0.5, 0.6) is 0 Å². The summed E-state index contributed by atoms with van der Waals surface area (Å²) in [5.41, 5.74) is 7.52. The number of carbonyl (C=O) groups excluding carboxylic acids is 4. The number of hydrogen-bond acceptors (Lipinski definition) is 13. The van der Waals surface area contributed by atoms with Gasteiger partial charge in [-0.05, 0) is 80.5 Å². The Kier molecular flexibility index (Phi) is 13.2. The highest BCUT2D eigenvalue weighted by atomic mass is 32.1. The normalized spacial score (nSPS) is 21.5. The first-order valence-electron chi connectivity index (χ1n) is 23.1. The van der Waals surface area contributed by atoms with Crippen LogP contribution in [0.1, 0.15) is 68.4 Å². The second-order valence-electron chi connectivity index (χ2n) is 18.6. The number of allylic oxidation sites excluding steroid dienone is 6. The van der Waals surface area contributed by atoms with Gasteiger partial charge in [-0.15, -0.1) is 11.3 Å². The Hall–Kier alpha value is -6.44. The van der Waals surface area contributed by atoms with Gasteiger partial charge in [-0.2, -0.15) is 0 Å². The Morgan fingerprint density at radius 2 is 1.84 bits per heavy atom. The van der Waals surface area contributed by atoms with E-state index in [9.17, 15) is 24.3 Å². The summed E-state index contributed by atoms with van der Waals surface area (Å²) in [5, 5.41) is 23.8. The largest absolute Gasteiger partial charge is 0.389 e. The third kappa shape index (κ3) is 9.51. The molecule has 3 aromatic rings. The van der Waals surface area contributed by atoms with Crippen LogP contribution in [-0.4, -0.2) is 122 Å². The fraction of sp³-hybridized carbons (Fsp3) is 0.429. The van der Waals surface area contributed by atoms with Crippen LogP contribution in [0.15, 0.2) is 108 Å². The van der Waals surface area contributed by atoms with E-state index in [2.05, 4.69) is 47.4 Å². The lowest BCUT2D eigenvalue weighted by Gasteiger charge is -2.61. The zero-order valence-electron chi connectivity index (χ0n) is 38.2. The van der Waals surface area contributed by atoms with Crippen LogP contribution in [-0.2, 0) is 32.1 Å². The average molecular weight is 950 g/mol. The number of aryl methyl sites for hydroxylation is 1. The third-order valence-electron chi connectivity index (χ3n) is 14.0. The number of fused-ring (bicyclic) bond motifs is 2. The molecular weight excluding hydrogens is 893 g/mol. The number of imidazole rings is 1. The van der Waals surface area contributed by atoms with Crippen LogP contribution in [0.3, 0.4) is 0 Å². The molecule has 2 aromatic heterocycles. The maximum atomic E-state index is 15.9. The fourth-order valence-corrected chi connectivity index (χ4v) is 10.7. The summed E-state index contributed by atoms with van der Waals surface area (Å²) in [5.74, 6) is -1.63. The van der Waals surface area contributed by atoms with Crippen molar-refractivity contribution in [1.29, 1.82) is 0 Å². The van der Waals surface area contributed by atoms with Crippen molar-refractivity contribution in [2.75, 3.05) is 56.5 Å². The zero-order valence-corrected chi connectivity index (χ0v) is 39.0. The van der Waals surface area contributed by atoms with Crippen LogP contribution < -0.4 is 26.3 Å². The standard InChI is InChI=1S/C49H57F2N11O5S/c1-4-34(55-39(7-6-19-63)45(65)52-3)23-37(50)31(2)58-17-13-49(67,14-18-58)24-42(64)61-28-48(29-61)26-60(27-48)35-11-9-32(10-12-35)33-21-38(51)36-25-62(57-40(36)22-33)44(46(66)56-47-53-15-20-68-47)43-41-8-5-16-59(41)30-54-43/h4,9-12,15,19-23,25,30,39-40,44,55,57,67H,1,5-8,13-14,16-18,24,26-29H2,2-3H3,(H,52,65)(H,53,56,66)/b34-23+,37-31-. The Labute approximate surface area is 397 Å². The Morgan fingerprint density at radius 1 is 1.07 bits per heavy atom. The number of thiazole rings is 1. The van der Waals surface area contributed by atoms with E-state index in [0.717, 1.165) is 61.3 Å². The smallest absolute Gasteiger partial charge is 0.256 e. The van der Waals surface area contributed by atoms with Crippen LogP contribution in [0.25, 0.3) is 5.57 Å². The number of hydrazine groups is 1. The number of nitrogens with one attached hydrogen (secondary N) is 4. The molecule has 5 aliphatic heterocycles. The van der Waals surface area contributed by atoms with E-state index in [1.807, 2.05) is 40.1 Å². The van der Waals surface area contributed by atoms with E-state index < -0.39 is 29.6 Å². The number of anilines is 2. The lowest BCUT2D eigenvalue weighted by Crippen LogP contribution is -2.73. The van der Waals surface area contributed by atoms with E-state index in [-0.39, 0.29) is 48.2 Å². The van der Waals surface area contributed by atoms with E-state index in [1.54, 1.807) is 36.0 Å². The Balaban J connectivity index is 0.753. The van der Waals surface area contributed by atoms with Crippen molar-refractivity contribution in [2.24, 2.45) is 5.41 Å². The molecule has 6 aliphatic rings. The van der Waals surface area contributed by atoms with E-state index >= 15 is 8.78 Å². The second kappa shape index (κ2) is 19.3. The van der Waals surface area contributed by atoms with Gasteiger partial charge < -0.3 is 39.8 Å². The molecule has 0 radical (unpaired) electrons. The lowest BCUT2D eigenvalue weighted by molar-refractivity contribution is -0.152. The highest BCUT2D eigenvalue weighted by Crippen LogP contribution is 2.44. The molecule has 1 spiro atoms. The molecule has 1 aromatic carbocycles. The molecule has 3 amide bonds. The van der Waals surface area contributed by atoms with Crippen molar-refractivity contribution in [3.63, 3.8) is 0 Å². The number of aliphatic hydroxyl groups is 1. The molecule has 19 heteroatoms. The van der Waals surface area contributed by atoms with Crippen molar-refractivity contribution in [3.05, 3.63) is 125 Å². The molecule has 3 fully saturated rings. The van der Waals surface area contributed by atoms with Crippen LogP contribution >= 0.6 is 11.3 Å². The summed E-state index contributed by atoms with van der Waals surface area (Å²) in [4.78, 5) is 65.2. The van der Waals surface area contributed by atoms with Gasteiger partial charge >= 0.3 is 0 Å². The summed E-state index contributed by atoms with van der Waals surface area (Å²) < 4.78 is 33.4. The number of piperidine rings is 1. The number of aromatic nitrogens is 3. The fourth-order valence-electron chi connectivity index (χ4n) is 10.2. The van der Waals surface area contributed by atoms with Gasteiger partial charge in [0.15, 0.2) is 11.2 Å². The number of benzene rings is 1. The van der Waals surface area contributed by atoms with Gasteiger partial charge in [-0.25, -0.2) is 24.2 Å². The summed E-state index contributed by atoms with van der Waals surface area (Å²) in [6.07, 6.45) is 14.8. The van der Waals surface area contributed by atoms with Crippen molar-refractivity contribution >= 4 is 51.7 Å². The summed E-state index contributed by atoms with van der Waals surface area (Å²) in [6, 6.07) is 5.97. The molecule has 3 atom stereocenters. The first-order chi connectivity index (χ1) is 32.8. The lowest BCUT2D eigenvalue weighted by atomic mass is 9.72. The van der Waals surface area contributed by atoms with Crippen LogP contribution in [0.4, 0.5) is 19.6 Å². The van der Waals surface area contributed by atoms with Gasteiger partial charge in [-0.3, -0.25) is 24.7 Å². The molecule has 0 saturated carbocycles. The molecule has 3 unspecified atom stereocenters. The first-order valence-corrected chi connectivity index (χ1v) is 24.0. The molecule has 1 aliphatic carbocycles. The Bertz CT molecular complexity index is 2600. The van der Waals surface area contributed by atoms with Crippen molar-refractivity contribution < 1.29 is 33.1 Å². The molecule has 9 rings (SSSR count). The van der Waals surface area contributed by atoms with E-state index in [4.69, 9.17) is 0 Å². The number of halogens is 2. The van der Waals surface area contributed by atoms with Gasteiger partial charge in [0.2, 0.25) is 11.8 Å². The monoisotopic (exact) mass is 949 g/mol. The van der Waals surface area contributed by atoms with Crippen molar-refractivity contribution in [2.45, 2.75) is 82.1 Å². The summed E-state index contributed by atoms with van der Waals surface area (Å²) >= 11 is 1.32. The third-order valence-corrected chi connectivity index (χ3v) is 14.7. The van der Waals surface area contributed by atoms with Gasteiger partial charge in [0.1, 0.15) is 24.0 Å². The number of rotatable bonds is 17. The minimum Gasteiger partial charge on any atom is -0.389 e. The molecule has 3 saturated heterocycles. The zero-order chi connectivity index (χ0) is 47.7. The molecule has 7 heterocycles. The molecule has 0 bridgehead atoms. The predicted molar refractivity (Wildman–Crippen MR) is 254 cm³/mol. The quantitative estimate of drug-likeness (QED) is 0.0923. The molecule has 358 valence electrons. The minimum atomic E-state index is -1.19.